The molecule has 0 spiro atoms. The van der Waals surface area contributed by atoms with Crippen molar-refractivity contribution in [3.05, 3.63) is 34.9 Å². The third-order valence-corrected chi connectivity index (χ3v) is 10.2. The van der Waals surface area contributed by atoms with Gasteiger partial charge in [0.05, 0.1) is 23.1 Å². The van der Waals surface area contributed by atoms with Gasteiger partial charge in [-0.3, -0.25) is 4.79 Å². The molecule has 0 radical (unpaired) electrons. The second kappa shape index (κ2) is 13.5. The summed E-state index contributed by atoms with van der Waals surface area (Å²) >= 11 is 0. The van der Waals surface area contributed by atoms with Gasteiger partial charge in [-0.2, -0.15) is 0 Å². The van der Waals surface area contributed by atoms with Crippen LogP contribution >= 0.6 is 0 Å². The average Bonchev–Trinajstić information content (AvgIpc) is 3.00. The number of benzene rings is 2. The third-order valence-electron chi connectivity index (χ3n) is 10.2. The van der Waals surface area contributed by atoms with E-state index in [9.17, 15) is 45.3 Å². The fourth-order valence-electron chi connectivity index (χ4n) is 8.06. The number of aromatic hydroxyl groups is 1. The second-order valence-electron chi connectivity index (χ2n) is 12.9. The van der Waals surface area contributed by atoms with E-state index in [4.69, 9.17) is 14.2 Å². The molecule has 1 saturated carbocycles. The number of fused-ring (bicyclic) bond motifs is 2. The number of carboxylic acids is 1. The Morgan fingerprint density at radius 1 is 1.07 bits per heavy atom. The molecule has 2 heterocycles. The predicted molar refractivity (Wildman–Crippen MR) is 160 cm³/mol. The van der Waals surface area contributed by atoms with E-state index in [0.29, 0.717) is 37.5 Å². The molecule has 248 valence electrons. The van der Waals surface area contributed by atoms with Crippen LogP contribution in [-0.2, 0) is 9.47 Å². The van der Waals surface area contributed by atoms with Crippen molar-refractivity contribution in [3.63, 3.8) is 0 Å². The fourth-order valence-corrected chi connectivity index (χ4v) is 8.06. The van der Waals surface area contributed by atoms with Gasteiger partial charge in [0.1, 0.15) is 35.4 Å². The van der Waals surface area contributed by atoms with Crippen LogP contribution in [0.2, 0.25) is 0 Å². The summed E-state index contributed by atoms with van der Waals surface area (Å²) in [4.78, 5) is 24.2. The number of ether oxygens (including phenoxy) is 3. The lowest BCUT2D eigenvalue weighted by molar-refractivity contribution is -0.315. The molecule has 0 aromatic heterocycles. The van der Waals surface area contributed by atoms with Gasteiger partial charge in [-0.1, -0.05) is 18.9 Å². The van der Waals surface area contributed by atoms with E-state index in [2.05, 4.69) is 0 Å². The van der Waals surface area contributed by atoms with Gasteiger partial charge in [-0.15, -0.1) is 0 Å². The zero-order valence-electron chi connectivity index (χ0n) is 25.6. The first-order valence-electron chi connectivity index (χ1n) is 15.7. The molecule has 2 aliphatic heterocycles. The number of aliphatic hydroxyl groups excluding tert-OH is 4. The maximum Gasteiger partial charge on any atom is 0.335 e. The van der Waals surface area contributed by atoms with Gasteiger partial charge in [0, 0.05) is 19.8 Å². The number of ketones is 1. The minimum atomic E-state index is -2.04. The highest BCUT2D eigenvalue weighted by molar-refractivity contribution is 6.08. The Bertz CT molecular complexity index is 1400. The van der Waals surface area contributed by atoms with Crippen molar-refractivity contribution in [1.29, 1.82) is 0 Å². The molecule has 0 unspecified atom stereocenters. The van der Waals surface area contributed by atoms with Crippen molar-refractivity contribution in [2.75, 3.05) is 26.4 Å². The van der Waals surface area contributed by atoms with Crippen LogP contribution in [0.5, 0.6) is 11.5 Å². The van der Waals surface area contributed by atoms with Gasteiger partial charge in [0.25, 0.3) is 0 Å². The number of Topliss-reactive ketones (excluding diaryl/α,β-unsaturated/α-hetero) is 1. The number of carboxylic acid groups (broad SMARTS) is 1. The number of aliphatic hydroxyl groups is 5. The summed E-state index contributed by atoms with van der Waals surface area (Å²) in [6, 6.07) is 3.95. The van der Waals surface area contributed by atoms with E-state index < -0.39 is 54.3 Å². The molecule has 7 N–H and O–H groups in total. The molecule has 2 aromatic rings. The van der Waals surface area contributed by atoms with Crippen LogP contribution in [0.15, 0.2) is 18.2 Å². The molecule has 12 nitrogen and oxygen atoms in total. The zero-order chi connectivity index (χ0) is 32.6. The minimum Gasteiger partial charge on any atom is -0.506 e. The van der Waals surface area contributed by atoms with Crippen LogP contribution in [-0.4, -0.2) is 104 Å². The Labute approximate surface area is 261 Å². The van der Waals surface area contributed by atoms with Crippen LogP contribution in [0, 0.1) is 30.6 Å². The summed E-state index contributed by atoms with van der Waals surface area (Å²) in [6.07, 6.45) is -2.64. The SMILES string of the molecule is CC(=O)c1c(C)cc2cc(C(=O)O)cc(O[C@H]3O[C@H](CO)[C@](O)(CC[C@@H]4CCC[C@H]5COC[C@@H](CCO)[C@H]45)[C@H](O)[C@H]3O)c2c1O. The number of hydrogen-bond donors (Lipinski definition) is 7. The number of carbonyl (C=O) groups excluding carboxylic acids is 1. The monoisotopic (exact) mass is 632 g/mol. The maximum atomic E-state index is 12.3. The number of hydrogen-bond acceptors (Lipinski definition) is 11. The molecule has 2 aromatic carbocycles. The van der Waals surface area contributed by atoms with Crippen molar-refractivity contribution >= 4 is 22.5 Å². The topological polar surface area (TPSA) is 203 Å². The van der Waals surface area contributed by atoms with Crippen LogP contribution in [0.25, 0.3) is 10.8 Å². The van der Waals surface area contributed by atoms with Crippen LogP contribution in [0.3, 0.4) is 0 Å². The van der Waals surface area contributed by atoms with E-state index in [-0.39, 0.29) is 58.4 Å². The average molecular weight is 633 g/mol. The molecule has 1 aliphatic carbocycles. The largest absolute Gasteiger partial charge is 0.506 e. The first-order valence-corrected chi connectivity index (χ1v) is 15.7. The molecule has 9 atom stereocenters. The highest BCUT2D eigenvalue weighted by Gasteiger charge is 2.56. The quantitative estimate of drug-likeness (QED) is 0.188. The van der Waals surface area contributed by atoms with Gasteiger partial charge in [-0.05, 0) is 86.3 Å². The highest BCUT2D eigenvalue weighted by atomic mass is 16.7. The smallest absolute Gasteiger partial charge is 0.335 e. The molecule has 3 fully saturated rings. The molecule has 5 rings (SSSR count). The first-order chi connectivity index (χ1) is 21.4. The molecule has 45 heavy (non-hydrogen) atoms. The van der Waals surface area contributed by atoms with Crippen molar-refractivity contribution in [2.24, 2.45) is 23.7 Å². The molecule has 3 aliphatic rings. The number of phenols is 1. The summed E-state index contributed by atoms with van der Waals surface area (Å²) in [5.74, 6) is -1.41. The lowest BCUT2D eigenvalue weighted by Crippen LogP contribution is -2.68. The number of aryl methyl sites for hydroxylation is 1. The first kappa shape index (κ1) is 33.5. The van der Waals surface area contributed by atoms with E-state index >= 15 is 0 Å². The maximum absolute atomic E-state index is 12.3. The van der Waals surface area contributed by atoms with E-state index in [1.165, 1.54) is 19.1 Å². The summed E-state index contributed by atoms with van der Waals surface area (Å²) in [5, 5.41) is 75.1. The lowest BCUT2D eigenvalue weighted by Gasteiger charge is -2.50. The summed E-state index contributed by atoms with van der Waals surface area (Å²) in [7, 11) is 0. The highest BCUT2D eigenvalue weighted by Crippen LogP contribution is 2.47. The zero-order valence-corrected chi connectivity index (χ0v) is 25.6. The van der Waals surface area contributed by atoms with Crippen molar-refractivity contribution in [3.8, 4) is 11.5 Å². The standard InChI is InChI=1S/C33H44O12/c1-16-10-21-11-22(31(40)41)12-23(27(21)28(37)25(16)17(2)36)44-32-29(38)30(39)33(42,24(13-35)45-32)8-6-18-4-3-5-19-14-43-15-20(7-9-34)26(18)19/h10-12,18-20,24,26,29-30,32,34-35,37-39,42H,3-9,13-15H2,1-2H3,(H,40,41)/t18-,19-,20+,24+,26+,29+,30+,32-,33+/m0/s1. The van der Waals surface area contributed by atoms with Gasteiger partial charge < -0.3 is 50.0 Å². The van der Waals surface area contributed by atoms with Gasteiger partial charge in [-0.25, -0.2) is 4.79 Å². The molecular weight excluding hydrogens is 588 g/mol. The Morgan fingerprint density at radius 3 is 2.49 bits per heavy atom. The van der Waals surface area contributed by atoms with Gasteiger partial charge >= 0.3 is 5.97 Å². The van der Waals surface area contributed by atoms with Crippen molar-refractivity contribution < 1.29 is 59.5 Å². The Balaban J connectivity index is 1.41. The Morgan fingerprint density at radius 2 is 1.82 bits per heavy atom. The van der Waals surface area contributed by atoms with E-state index in [1.807, 2.05) is 0 Å². The summed E-state index contributed by atoms with van der Waals surface area (Å²) in [5.41, 5.74) is -1.81. The lowest BCUT2D eigenvalue weighted by atomic mass is 9.63. The van der Waals surface area contributed by atoms with E-state index in [0.717, 1.165) is 25.3 Å². The Kier molecular flexibility index (Phi) is 10.0. The number of phenolic OH excluding ortho intramolecular Hbond substituents is 1. The summed E-state index contributed by atoms with van der Waals surface area (Å²) < 4.78 is 17.6. The second-order valence-corrected chi connectivity index (χ2v) is 12.9. The van der Waals surface area contributed by atoms with Crippen LogP contribution < -0.4 is 4.74 Å². The number of rotatable bonds is 10. The van der Waals surface area contributed by atoms with Gasteiger partial charge in [0.2, 0.25) is 6.29 Å². The third kappa shape index (κ3) is 6.29. The normalized spacial score (nSPS) is 33.5. The molecule has 0 bridgehead atoms. The molecule has 12 heteroatoms. The van der Waals surface area contributed by atoms with Gasteiger partial charge in [0.15, 0.2) is 5.78 Å². The summed E-state index contributed by atoms with van der Waals surface area (Å²) in [6.45, 7) is 3.43. The fraction of sp³-hybridized carbons (Fsp3) is 0.636. The van der Waals surface area contributed by atoms with Crippen molar-refractivity contribution in [2.45, 2.75) is 82.6 Å². The van der Waals surface area contributed by atoms with Crippen LogP contribution in [0.4, 0.5) is 0 Å². The number of aromatic carboxylic acids is 1. The molecular formula is C33H44O12. The Hall–Kier alpha value is -2.84. The predicted octanol–water partition coefficient (Wildman–Crippen LogP) is 2.15. The molecule has 0 amide bonds. The van der Waals surface area contributed by atoms with E-state index in [1.54, 1.807) is 6.92 Å². The number of carbonyl (C=O) groups is 2. The van der Waals surface area contributed by atoms with Crippen LogP contribution in [0.1, 0.15) is 71.7 Å². The minimum absolute atomic E-state index is 0.00298. The van der Waals surface area contributed by atoms with Crippen molar-refractivity contribution in [1.82, 2.24) is 0 Å². The molecule has 2 saturated heterocycles.